The number of nitrogens with zero attached hydrogens (tertiary/aromatic N) is 1. The maximum atomic E-state index is 12.3. The van der Waals surface area contributed by atoms with Crippen LogP contribution < -0.4 is 5.32 Å². The number of amides is 2. The summed E-state index contributed by atoms with van der Waals surface area (Å²) >= 11 is 0. The van der Waals surface area contributed by atoms with Gasteiger partial charge in [0.25, 0.3) is 0 Å². The van der Waals surface area contributed by atoms with E-state index in [1.54, 1.807) is 7.11 Å². The molecule has 1 saturated carbocycles. The minimum atomic E-state index is 0.0768. The summed E-state index contributed by atoms with van der Waals surface area (Å²) in [6, 6.07) is 10.9. The molecule has 3 rings (SSSR count). The van der Waals surface area contributed by atoms with Crippen molar-refractivity contribution in [3.05, 3.63) is 35.9 Å². The average molecular weight is 274 g/mol. The van der Waals surface area contributed by atoms with Crippen LogP contribution in [0.5, 0.6) is 0 Å². The fourth-order valence-electron chi connectivity index (χ4n) is 2.93. The summed E-state index contributed by atoms with van der Waals surface area (Å²) in [5, 5.41) is 3.09. The second-order valence-electron chi connectivity index (χ2n) is 5.74. The van der Waals surface area contributed by atoms with Crippen LogP contribution in [0.3, 0.4) is 0 Å². The Morgan fingerprint density at radius 1 is 1.30 bits per heavy atom. The molecule has 1 aromatic rings. The lowest BCUT2D eigenvalue weighted by Crippen LogP contribution is -2.47. The molecule has 2 atom stereocenters. The third-order valence-electron chi connectivity index (χ3n) is 4.24. The van der Waals surface area contributed by atoms with E-state index in [1.807, 2.05) is 23.1 Å². The molecule has 4 heteroatoms. The Morgan fingerprint density at radius 2 is 2.05 bits per heavy atom. The van der Waals surface area contributed by atoms with E-state index < -0.39 is 0 Å². The van der Waals surface area contributed by atoms with Crippen LogP contribution in [-0.4, -0.2) is 42.8 Å². The first-order valence-corrected chi connectivity index (χ1v) is 7.42. The van der Waals surface area contributed by atoms with E-state index in [2.05, 4.69) is 17.4 Å². The molecule has 0 bridgehead atoms. The van der Waals surface area contributed by atoms with Crippen LogP contribution in [0, 0.1) is 0 Å². The van der Waals surface area contributed by atoms with Crippen molar-refractivity contribution in [3.8, 4) is 0 Å². The molecule has 108 valence electrons. The van der Waals surface area contributed by atoms with Crippen molar-refractivity contribution in [2.75, 3.05) is 13.7 Å². The molecular weight excluding hydrogens is 252 g/mol. The van der Waals surface area contributed by atoms with Gasteiger partial charge in [0.15, 0.2) is 0 Å². The normalized spacial score (nSPS) is 25.8. The monoisotopic (exact) mass is 274 g/mol. The summed E-state index contributed by atoms with van der Waals surface area (Å²) in [6.45, 7) is 0.786. The van der Waals surface area contributed by atoms with E-state index >= 15 is 0 Å². The van der Waals surface area contributed by atoms with Gasteiger partial charge in [0.2, 0.25) is 0 Å². The molecule has 1 aliphatic carbocycles. The number of methoxy groups -OCH3 is 1. The molecule has 1 aromatic carbocycles. The molecule has 4 nitrogen and oxygen atoms in total. The quantitative estimate of drug-likeness (QED) is 0.914. The van der Waals surface area contributed by atoms with Crippen LogP contribution in [-0.2, 0) is 11.2 Å². The highest BCUT2D eigenvalue weighted by Crippen LogP contribution is 2.26. The Kier molecular flexibility index (Phi) is 3.92. The van der Waals surface area contributed by atoms with Gasteiger partial charge in [-0.2, -0.15) is 0 Å². The summed E-state index contributed by atoms with van der Waals surface area (Å²) in [5.74, 6) is 0. The minimum absolute atomic E-state index is 0.0768. The molecular formula is C16H22N2O2. The Hall–Kier alpha value is -1.55. The van der Waals surface area contributed by atoms with Gasteiger partial charge in [-0.3, -0.25) is 0 Å². The molecule has 0 spiro atoms. The third-order valence-corrected chi connectivity index (χ3v) is 4.24. The zero-order valence-corrected chi connectivity index (χ0v) is 11.9. The molecule has 1 aliphatic heterocycles. The number of rotatable bonds is 4. The molecule has 0 aromatic heterocycles. The van der Waals surface area contributed by atoms with Gasteiger partial charge in [0.05, 0.1) is 12.1 Å². The van der Waals surface area contributed by atoms with Gasteiger partial charge in [0.1, 0.15) is 0 Å². The molecule has 1 saturated heterocycles. The van der Waals surface area contributed by atoms with Crippen molar-refractivity contribution in [1.29, 1.82) is 0 Å². The van der Waals surface area contributed by atoms with Crippen molar-refractivity contribution >= 4 is 6.03 Å². The predicted octanol–water partition coefficient (Wildman–Crippen LogP) is 2.19. The number of benzene rings is 1. The highest BCUT2D eigenvalue weighted by Gasteiger charge is 2.38. The van der Waals surface area contributed by atoms with Gasteiger partial charge < -0.3 is 15.0 Å². The fourth-order valence-corrected chi connectivity index (χ4v) is 2.93. The minimum Gasteiger partial charge on any atom is -0.379 e. The van der Waals surface area contributed by atoms with Crippen molar-refractivity contribution in [1.82, 2.24) is 10.2 Å². The van der Waals surface area contributed by atoms with Crippen LogP contribution in [0.15, 0.2) is 30.3 Å². The summed E-state index contributed by atoms with van der Waals surface area (Å²) in [5.41, 5.74) is 1.26. The Labute approximate surface area is 120 Å². The Bertz CT molecular complexity index is 459. The first-order valence-electron chi connectivity index (χ1n) is 7.42. The first-order chi connectivity index (χ1) is 9.78. The number of likely N-dealkylation sites (tertiary alicyclic amines) is 1. The van der Waals surface area contributed by atoms with Crippen LogP contribution in [0.2, 0.25) is 0 Å². The zero-order chi connectivity index (χ0) is 13.9. The summed E-state index contributed by atoms with van der Waals surface area (Å²) in [4.78, 5) is 14.3. The summed E-state index contributed by atoms with van der Waals surface area (Å²) in [6.07, 6.45) is 4.16. The van der Waals surface area contributed by atoms with Crippen LogP contribution >= 0.6 is 0 Å². The SMILES string of the molecule is CO[C@@H]1CCN(C(=O)NC2CC2)[C@@H]1Cc1ccccc1. The highest BCUT2D eigenvalue weighted by atomic mass is 16.5. The van der Waals surface area contributed by atoms with E-state index in [4.69, 9.17) is 4.74 Å². The van der Waals surface area contributed by atoms with Gasteiger partial charge in [0, 0.05) is 19.7 Å². The van der Waals surface area contributed by atoms with E-state index in [-0.39, 0.29) is 18.2 Å². The van der Waals surface area contributed by atoms with E-state index in [9.17, 15) is 4.79 Å². The highest BCUT2D eigenvalue weighted by molar-refractivity contribution is 5.75. The molecule has 2 aliphatic rings. The van der Waals surface area contributed by atoms with E-state index in [0.717, 1.165) is 32.2 Å². The summed E-state index contributed by atoms with van der Waals surface area (Å²) in [7, 11) is 1.74. The smallest absolute Gasteiger partial charge is 0.317 e. The van der Waals surface area contributed by atoms with Gasteiger partial charge in [-0.15, -0.1) is 0 Å². The number of carbonyl (C=O) groups is 1. The topological polar surface area (TPSA) is 41.6 Å². The van der Waals surface area contributed by atoms with Gasteiger partial charge in [-0.1, -0.05) is 30.3 Å². The predicted molar refractivity (Wildman–Crippen MR) is 77.6 cm³/mol. The molecule has 0 unspecified atom stereocenters. The Balaban J connectivity index is 1.70. The van der Waals surface area contributed by atoms with Gasteiger partial charge in [-0.25, -0.2) is 4.79 Å². The van der Waals surface area contributed by atoms with E-state index in [1.165, 1.54) is 5.56 Å². The first kappa shape index (κ1) is 13.4. The second-order valence-corrected chi connectivity index (χ2v) is 5.74. The summed E-state index contributed by atoms with van der Waals surface area (Å²) < 4.78 is 5.58. The van der Waals surface area contributed by atoms with Crippen LogP contribution in [0.25, 0.3) is 0 Å². The largest absolute Gasteiger partial charge is 0.379 e. The third kappa shape index (κ3) is 2.96. The zero-order valence-electron chi connectivity index (χ0n) is 11.9. The van der Waals surface area contributed by atoms with Gasteiger partial charge in [-0.05, 0) is 31.2 Å². The number of hydrogen-bond acceptors (Lipinski definition) is 2. The molecule has 20 heavy (non-hydrogen) atoms. The lowest BCUT2D eigenvalue weighted by molar-refractivity contribution is 0.0724. The second kappa shape index (κ2) is 5.83. The van der Waals surface area contributed by atoms with Crippen molar-refractivity contribution in [3.63, 3.8) is 0 Å². The van der Waals surface area contributed by atoms with E-state index in [0.29, 0.717) is 6.04 Å². The lowest BCUT2D eigenvalue weighted by atomic mass is 10.0. The molecule has 1 heterocycles. The standard InChI is InChI=1S/C16H22N2O2/c1-20-15-9-10-18(16(19)17-13-7-8-13)14(15)11-12-5-3-2-4-6-12/h2-6,13-15H,7-11H2,1H3,(H,17,19)/t14-,15-/m1/s1. The van der Waals surface area contributed by atoms with Crippen molar-refractivity contribution in [2.45, 2.75) is 43.9 Å². The number of nitrogens with one attached hydrogen (secondary N) is 1. The van der Waals surface area contributed by atoms with Crippen LogP contribution in [0.4, 0.5) is 4.79 Å². The number of carbonyl (C=O) groups excluding carboxylic acids is 1. The number of hydrogen-bond donors (Lipinski definition) is 1. The molecule has 2 fully saturated rings. The molecule has 0 radical (unpaired) electrons. The fraction of sp³-hybridized carbons (Fsp3) is 0.562. The molecule has 2 amide bonds. The van der Waals surface area contributed by atoms with Gasteiger partial charge >= 0.3 is 6.03 Å². The maximum absolute atomic E-state index is 12.3. The van der Waals surface area contributed by atoms with Crippen molar-refractivity contribution < 1.29 is 9.53 Å². The average Bonchev–Trinajstić information content (AvgIpc) is 3.18. The van der Waals surface area contributed by atoms with Crippen molar-refractivity contribution in [2.24, 2.45) is 0 Å². The lowest BCUT2D eigenvalue weighted by Gasteiger charge is -2.28. The molecule has 1 N–H and O–H groups in total. The van der Waals surface area contributed by atoms with Crippen LogP contribution in [0.1, 0.15) is 24.8 Å². The number of urea groups is 1. The Morgan fingerprint density at radius 3 is 2.70 bits per heavy atom. The number of ether oxygens (including phenoxy) is 1. The maximum Gasteiger partial charge on any atom is 0.317 e.